The van der Waals surface area contributed by atoms with Crippen LogP contribution in [-0.2, 0) is 0 Å². The largest absolute Gasteiger partial charge is 0.296 e. The SMILES string of the molecule is C=C/C=C(/C)C(=CC)/C=N\C. The highest BCUT2D eigenvalue weighted by atomic mass is 14.6. The average Bonchev–Trinajstić information content (AvgIpc) is 2.00. The quantitative estimate of drug-likeness (QED) is 0.432. The molecule has 0 radical (unpaired) electrons. The summed E-state index contributed by atoms with van der Waals surface area (Å²) in [6.45, 7) is 7.67. The molecule has 0 aromatic rings. The molecule has 0 saturated heterocycles. The zero-order valence-electron chi connectivity index (χ0n) is 7.46. The molecule has 0 unspecified atom stereocenters. The van der Waals surface area contributed by atoms with Gasteiger partial charge in [0.15, 0.2) is 0 Å². The van der Waals surface area contributed by atoms with Crippen molar-refractivity contribution >= 4 is 6.21 Å². The first-order valence-electron chi connectivity index (χ1n) is 3.64. The van der Waals surface area contributed by atoms with Crippen molar-refractivity contribution in [1.29, 1.82) is 0 Å². The van der Waals surface area contributed by atoms with Crippen molar-refractivity contribution in [2.24, 2.45) is 4.99 Å². The second-order valence-electron chi connectivity index (χ2n) is 2.22. The van der Waals surface area contributed by atoms with Gasteiger partial charge in [0.05, 0.1) is 0 Å². The molecule has 0 saturated carbocycles. The third kappa shape index (κ3) is 3.56. The first-order chi connectivity index (χ1) is 5.26. The first-order valence-corrected chi connectivity index (χ1v) is 3.64. The maximum Gasteiger partial charge on any atom is 0.0280 e. The van der Waals surface area contributed by atoms with Gasteiger partial charge in [-0.1, -0.05) is 24.8 Å². The van der Waals surface area contributed by atoms with Gasteiger partial charge in [-0.2, -0.15) is 0 Å². The molecule has 0 rings (SSSR count). The van der Waals surface area contributed by atoms with Crippen LogP contribution >= 0.6 is 0 Å². The minimum atomic E-state index is 1.15. The lowest BCUT2D eigenvalue weighted by molar-refractivity contribution is 1.41. The monoisotopic (exact) mass is 149 g/mol. The summed E-state index contributed by atoms with van der Waals surface area (Å²) in [5.74, 6) is 0. The topological polar surface area (TPSA) is 12.4 Å². The van der Waals surface area contributed by atoms with Gasteiger partial charge in [-0.05, 0) is 25.0 Å². The van der Waals surface area contributed by atoms with Crippen molar-refractivity contribution in [1.82, 2.24) is 0 Å². The fourth-order valence-electron chi connectivity index (χ4n) is 0.816. The molecule has 0 aromatic carbocycles. The molecule has 0 fully saturated rings. The zero-order valence-corrected chi connectivity index (χ0v) is 7.46. The Morgan fingerprint density at radius 3 is 2.45 bits per heavy atom. The van der Waals surface area contributed by atoms with Gasteiger partial charge in [-0.3, -0.25) is 4.99 Å². The summed E-state index contributed by atoms with van der Waals surface area (Å²) in [6.07, 6.45) is 7.62. The van der Waals surface area contributed by atoms with Crippen LogP contribution in [0.4, 0.5) is 0 Å². The number of hydrogen-bond acceptors (Lipinski definition) is 1. The molecule has 1 heteroatoms. The molecule has 0 spiro atoms. The highest BCUT2D eigenvalue weighted by molar-refractivity contribution is 5.84. The predicted octanol–water partition coefficient (Wildman–Crippen LogP) is 2.77. The van der Waals surface area contributed by atoms with Crippen LogP contribution < -0.4 is 0 Å². The molecule has 0 N–H and O–H groups in total. The van der Waals surface area contributed by atoms with Crippen LogP contribution in [0.5, 0.6) is 0 Å². The second-order valence-corrected chi connectivity index (χ2v) is 2.22. The number of nitrogens with zero attached hydrogens (tertiary/aromatic N) is 1. The summed E-state index contributed by atoms with van der Waals surface area (Å²) >= 11 is 0. The molecule has 0 atom stereocenters. The molecule has 0 bridgehead atoms. The number of hydrogen-bond donors (Lipinski definition) is 0. The fraction of sp³-hybridized carbons (Fsp3) is 0.300. The summed E-state index contributed by atoms with van der Waals surface area (Å²) in [5.41, 5.74) is 2.33. The Morgan fingerprint density at radius 1 is 1.45 bits per heavy atom. The number of aliphatic imine (C=N–C) groups is 1. The van der Waals surface area contributed by atoms with E-state index in [0.29, 0.717) is 0 Å². The van der Waals surface area contributed by atoms with Gasteiger partial charge in [-0.15, -0.1) is 0 Å². The smallest absolute Gasteiger partial charge is 0.0280 e. The number of rotatable bonds is 3. The molecule has 0 aliphatic rings. The van der Waals surface area contributed by atoms with Gasteiger partial charge in [-0.25, -0.2) is 0 Å². The lowest BCUT2D eigenvalue weighted by Gasteiger charge is -1.97. The van der Waals surface area contributed by atoms with Crippen LogP contribution in [0.1, 0.15) is 13.8 Å². The summed E-state index contributed by atoms with van der Waals surface area (Å²) in [7, 11) is 1.77. The van der Waals surface area contributed by atoms with E-state index in [1.165, 1.54) is 5.57 Å². The van der Waals surface area contributed by atoms with E-state index in [1.54, 1.807) is 13.1 Å². The van der Waals surface area contributed by atoms with E-state index < -0.39 is 0 Å². The molecule has 0 aromatic heterocycles. The van der Waals surface area contributed by atoms with Crippen molar-refractivity contribution < 1.29 is 0 Å². The Labute approximate surface area is 68.9 Å². The van der Waals surface area contributed by atoms with E-state index in [4.69, 9.17) is 0 Å². The molecule has 11 heavy (non-hydrogen) atoms. The van der Waals surface area contributed by atoms with Crippen LogP contribution in [0, 0.1) is 0 Å². The van der Waals surface area contributed by atoms with Gasteiger partial charge >= 0.3 is 0 Å². The third-order valence-electron chi connectivity index (χ3n) is 1.40. The van der Waals surface area contributed by atoms with Gasteiger partial charge in [0.25, 0.3) is 0 Å². The van der Waals surface area contributed by atoms with Crippen molar-refractivity contribution in [2.75, 3.05) is 7.05 Å². The van der Waals surface area contributed by atoms with E-state index in [2.05, 4.69) is 11.6 Å². The van der Waals surface area contributed by atoms with Gasteiger partial charge in [0, 0.05) is 13.3 Å². The van der Waals surface area contributed by atoms with E-state index in [0.717, 1.165) is 5.57 Å². The Kier molecular flexibility index (Phi) is 5.09. The minimum Gasteiger partial charge on any atom is -0.296 e. The van der Waals surface area contributed by atoms with Crippen molar-refractivity contribution in [3.8, 4) is 0 Å². The average molecular weight is 149 g/mol. The van der Waals surface area contributed by atoms with Crippen molar-refractivity contribution in [3.05, 3.63) is 36.0 Å². The molecule has 60 valence electrons. The van der Waals surface area contributed by atoms with E-state index >= 15 is 0 Å². The van der Waals surface area contributed by atoms with Crippen LogP contribution in [0.3, 0.4) is 0 Å². The van der Waals surface area contributed by atoms with Gasteiger partial charge in [0.2, 0.25) is 0 Å². The van der Waals surface area contributed by atoms with E-state index in [-0.39, 0.29) is 0 Å². The van der Waals surface area contributed by atoms with E-state index in [9.17, 15) is 0 Å². The molecular weight excluding hydrogens is 134 g/mol. The molecule has 1 nitrogen and oxygen atoms in total. The Hall–Kier alpha value is -1.11. The summed E-state index contributed by atoms with van der Waals surface area (Å²) in [6, 6.07) is 0. The molecular formula is C10H15N. The third-order valence-corrected chi connectivity index (χ3v) is 1.40. The minimum absolute atomic E-state index is 1.15. The lowest BCUT2D eigenvalue weighted by Crippen LogP contribution is -1.85. The van der Waals surface area contributed by atoms with Crippen LogP contribution in [0.2, 0.25) is 0 Å². The normalized spacial score (nSPS) is 14.1. The number of allylic oxidation sites excluding steroid dienone is 5. The fourth-order valence-corrected chi connectivity index (χ4v) is 0.816. The second kappa shape index (κ2) is 5.66. The first kappa shape index (κ1) is 9.89. The molecule has 0 aliphatic carbocycles. The Morgan fingerprint density at radius 2 is 2.09 bits per heavy atom. The highest BCUT2D eigenvalue weighted by Crippen LogP contribution is 2.05. The molecule has 0 amide bonds. The van der Waals surface area contributed by atoms with Crippen molar-refractivity contribution in [2.45, 2.75) is 13.8 Å². The van der Waals surface area contributed by atoms with Crippen LogP contribution in [0.25, 0.3) is 0 Å². The maximum absolute atomic E-state index is 3.94. The summed E-state index contributed by atoms with van der Waals surface area (Å²) in [5, 5.41) is 0. The van der Waals surface area contributed by atoms with E-state index in [1.807, 2.05) is 32.2 Å². The highest BCUT2D eigenvalue weighted by Gasteiger charge is 1.91. The summed E-state index contributed by atoms with van der Waals surface area (Å²) < 4.78 is 0. The van der Waals surface area contributed by atoms with Crippen LogP contribution in [0.15, 0.2) is 40.9 Å². The summed E-state index contributed by atoms with van der Waals surface area (Å²) in [4.78, 5) is 3.94. The van der Waals surface area contributed by atoms with Gasteiger partial charge < -0.3 is 0 Å². The lowest BCUT2D eigenvalue weighted by atomic mass is 10.1. The standard InChI is InChI=1S/C10H15N/c1-5-7-9(3)10(6-2)8-11-4/h5-8H,1H2,2-4H3/b9-7-,10-6?,11-8-. The van der Waals surface area contributed by atoms with Crippen molar-refractivity contribution in [3.63, 3.8) is 0 Å². The maximum atomic E-state index is 3.94. The Bertz CT molecular complexity index is 207. The Balaban J connectivity index is 4.52. The zero-order chi connectivity index (χ0) is 8.69. The predicted molar refractivity (Wildman–Crippen MR) is 52.1 cm³/mol. The van der Waals surface area contributed by atoms with Gasteiger partial charge in [0.1, 0.15) is 0 Å². The molecule has 0 aliphatic heterocycles. The van der Waals surface area contributed by atoms with Crippen LogP contribution in [-0.4, -0.2) is 13.3 Å². The molecule has 0 heterocycles.